The number of amides is 1. The van der Waals surface area contributed by atoms with Gasteiger partial charge < -0.3 is 26.3 Å². The van der Waals surface area contributed by atoms with Crippen molar-refractivity contribution >= 4 is 38.4 Å². The maximum absolute atomic E-state index is 13.4. The Kier molecular flexibility index (Phi) is 6.16. The number of hydrogen-bond acceptors (Lipinski definition) is 8. The van der Waals surface area contributed by atoms with Gasteiger partial charge in [-0.25, -0.2) is 4.68 Å². The van der Waals surface area contributed by atoms with Crippen LogP contribution in [0.25, 0.3) is 10.9 Å². The van der Waals surface area contributed by atoms with E-state index in [0.29, 0.717) is 17.4 Å². The van der Waals surface area contributed by atoms with Crippen molar-refractivity contribution in [3.05, 3.63) is 58.4 Å². The monoisotopic (exact) mass is 485 g/mol. The number of hydrogen-bond donors (Lipinski definition) is 4. The number of nitrogens with zero attached hydrogens (tertiary/aromatic N) is 2. The molecule has 0 unspecified atom stereocenters. The van der Waals surface area contributed by atoms with E-state index in [1.807, 2.05) is 6.92 Å². The second-order valence-corrected chi connectivity index (χ2v) is 9.17. The van der Waals surface area contributed by atoms with Gasteiger partial charge in [0.05, 0.1) is 11.2 Å². The molecule has 12 heteroatoms. The number of aromatic nitrogens is 1. The highest BCUT2D eigenvalue weighted by Crippen LogP contribution is 2.34. The molecule has 0 fully saturated rings. The highest BCUT2D eigenvalue weighted by Gasteiger charge is 2.30. The third-order valence-electron chi connectivity index (χ3n) is 5.17. The summed E-state index contributed by atoms with van der Waals surface area (Å²) in [5.41, 5.74) is 7.73. The highest BCUT2D eigenvalue weighted by molar-refractivity contribution is 7.90. The van der Waals surface area contributed by atoms with Gasteiger partial charge >= 0.3 is 0 Å². The Morgan fingerprint density at radius 2 is 2.03 bits per heavy atom. The lowest BCUT2D eigenvalue weighted by Crippen LogP contribution is -2.36. The zero-order valence-electron chi connectivity index (χ0n) is 18.2. The number of pyridine rings is 1. The molecular formula is C22H23N5O6S. The van der Waals surface area contributed by atoms with E-state index < -0.39 is 28.1 Å². The average Bonchev–Trinajstić information content (AvgIpc) is 2.80. The van der Waals surface area contributed by atoms with E-state index in [4.69, 9.17) is 10.5 Å². The summed E-state index contributed by atoms with van der Waals surface area (Å²) in [6.07, 6.45) is 1.71. The predicted molar refractivity (Wildman–Crippen MR) is 127 cm³/mol. The number of nitrogens with two attached hydrogens (primary N) is 1. The molecule has 178 valence electrons. The molecule has 4 rings (SSSR count). The lowest BCUT2D eigenvalue weighted by molar-refractivity contribution is -0.119. The van der Waals surface area contributed by atoms with E-state index >= 15 is 0 Å². The molecular weight excluding hydrogens is 462 g/mol. The van der Waals surface area contributed by atoms with Crippen LogP contribution < -0.4 is 26.8 Å². The van der Waals surface area contributed by atoms with Crippen molar-refractivity contribution in [2.45, 2.75) is 24.7 Å². The number of carbonyl (C=O) groups is 1. The van der Waals surface area contributed by atoms with Crippen molar-refractivity contribution in [1.29, 1.82) is 0 Å². The number of rotatable bonds is 8. The molecule has 0 saturated heterocycles. The molecule has 0 saturated carbocycles. The van der Waals surface area contributed by atoms with Crippen LogP contribution in [0.1, 0.15) is 25.3 Å². The molecule has 1 aliphatic rings. The maximum Gasteiger partial charge on any atom is 0.286 e. The number of ether oxygens (including phenoxy) is 1. The standard InChI is InChI=1S/C22H23N5O6S/c1-2-3-10-24-27-16-7-5-4-6-14(16)20(29)19(22(27)30)21-25-15-9-8-13(33-12-18(23)28)11-17(15)34(31,32)26-21/h4-9,11,24,29H,2-3,10,12H2,1H3,(H2,23,28)(H,25,26). The Hall–Kier alpha value is -4.06. The third-order valence-corrected chi connectivity index (χ3v) is 6.48. The van der Waals surface area contributed by atoms with Crippen molar-refractivity contribution < 1.29 is 23.1 Å². The largest absolute Gasteiger partial charge is 0.506 e. The number of aromatic hydroxyl groups is 1. The SMILES string of the molecule is CCCCNn1c(=O)c(C2=NS(=O)(=O)c3cc(OCC(N)=O)ccc3N2)c(O)c2ccccc21. The minimum Gasteiger partial charge on any atom is -0.506 e. The number of sulfonamides is 1. The van der Waals surface area contributed by atoms with Crippen LogP contribution in [0.3, 0.4) is 0 Å². The lowest BCUT2D eigenvalue weighted by Gasteiger charge is -2.21. The average molecular weight is 486 g/mol. The smallest absolute Gasteiger partial charge is 0.286 e. The molecule has 0 atom stereocenters. The van der Waals surface area contributed by atoms with Crippen molar-refractivity contribution in [3.8, 4) is 11.5 Å². The Morgan fingerprint density at radius 3 is 2.76 bits per heavy atom. The third kappa shape index (κ3) is 4.27. The number of anilines is 1. The van der Waals surface area contributed by atoms with E-state index in [0.717, 1.165) is 12.8 Å². The molecule has 34 heavy (non-hydrogen) atoms. The van der Waals surface area contributed by atoms with Gasteiger partial charge in [-0.1, -0.05) is 25.5 Å². The first-order valence-corrected chi connectivity index (χ1v) is 11.9. The first-order chi connectivity index (χ1) is 16.2. The summed E-state index contributed by atoms with van der Waals surface area (Å²) in [6.45, 7) is 2.09. The number of primary amides is 1. The quantitative estimate of drug-likeness (QED) is 0.348. The van der Waals surface area contributed by atoms with Gasteiger partial charge in [0.2, 0.25) is 0 Å². The van der Waals surface area contributed by atoms with Gasteiger partial charge in [-0.2, -0.15) is 8.42 Å². The van der Waals surface area contributed by atoms with Crippen molar-refractivity contribution in [2.24, 2.45) is 10.1 Å². The zero-order chi connectivity index (χ0) is 24.5. The highest BCUT2D eigenvalue weighted by atomic mass is 32.2. The van der Waals surface area contributed by atoms with Crippen LogP contribution in [0.5, 0.6) is 11.5 Å². The van der Waals surface area contributed by atoms with E-state index in [9.17, 15) is 23.1 Å². The molecule has 2 heterocycles. The van der Waals surface area contributed by atoms with Gasteiger partial charge in [-0.05, 0) is 30.7 Å². The van der Waals surface area contributed by atoms with Crippen LogP contribution in [0.15, 0.2) is 56.6 Å². The summed E-state index contributed by atoms with van der Waals surface area (Å²) in [5, 5.41) is 14.1. The van der Waals surface area contributed by atoms with Crippen molar-refractivity contribution in [3.63, 3.8) is 0 Å². The number of para-hydroxylation sites is 1. The second kappa shape index (κ2) is 9.06. The van der Waals surface area contributed by atoms with E-state index in [1.165, 1.54) is 22.9 Å². The van der Waals surface area contributed by atoms with Gasteiger partial charge in [-0.15, -0.1) is 4.40 Å². The second-order valence-electron chi connectivity index (χ2n) is 7.60. The lowest BCUT2D eigenvalue weighted by atomic mass is 10.1. The van der Waals surface area contributed by atoms with Crippen LogP contribution >= 0.6 is 0 Å². The minimum absolute atomic E-state index is 0.109. The molecule has 3 aromatic rings. The first kappa shape index (κ1) is 23.1. The fourth-order valence-electron chi connectivity index (χ4n) is 3.56. The topological polar surface area (TPSA) is 165 Å². The van der Waals surface area contributed by atoms with Crippen LogP contribution in [0.2, 0.25) is 0 Å². The molecule has 1 aliphatic heterocycles. The minimum atomic E-state index is -4.27. The molecule has 5 N–H and O–H groups in total. The fraction of sp³-hybridized carbons (Fsp3) is 0.227. The molecule has 11 nitrogen and oxygen atoms in total. The number of fused-ring (bicyclic) bond motifs is 2. The van der Waals surface area contributed by atoms with E-state index in [1.54, 1.807) is 24.3 Å². The summed E-state index contributed by atoms with van der Waals surface area (Å²) in [6, 6.07) is 10.8. The van der Waals surface area contributed by atoms with Crippen molar-refractivity contribution in [1.82, 2.24) is 4.68 Å². The zero-order valence-corrected chi connectivity index (χ0v) is 19.1. The molecule has 0 aliphatic carbocycles. The molecule has 1 aromatic heterocycles. The van der Waals surface area contributed by atoms with E-state index in [-0.39, 0.29) is 33.5 Å². The van der Waals surface area contributed by atoms with Crippen LogP contribution in [-0.4, -0.2) is 43.1 Å². The Bertz CT molecular complexity index is 1480. The van der Waals surface area contributed by atoms with Crippen molar-refractivity contribution in [2.75, 3.05) is 23.9 Å². The summed E-state index contributed by atoms with van der Waals surface area (Å²) >= 11 is 0. The summed E-state index contributed by atoms with van der Waals surface area (Å²) in [7, 11) is -4.27. The summed E-state index contributed by atoms with van der Waals surface area (Å²) < 4.78 is 36.1. The number of carbonyl (C=O) groups excluding carboxylic acids is 1. The number of unbranched alkanes of at least 4 members (excludes halogenated alkanes) is 1. The number of amidine groups is 1. The van der Waals surface area contributed by atoms with Gasteiger partial charge in [0.1, 0.15) is 22.0 Å². The van der Waals surface area contributed by atoms with Gasteiger partial charge in [0.25, 0.3) is 21.5 Å². The molecule has 0 radical (unpaired) electrons. The summed E-state index contributed by atoms with van der Waals surface area (Å²) in [4.78, 5) is 24.1. The number of benzene rings is 2. The van der Waals surface area contributed by atoms with E-state index in [2.05, 4.69) is 15.1 Å². The van der Waals surface area contributed by atoms with Gasteiger partial charge in [-0.3, -0.25) is 9.59 Å². The van der Waals surface area contributed by atoms with Crippen LogP contribution in [0.4, 0.5) is 5.69 Å². The molecule has 0 spiro atoms. The normalized spacial score (nSPS) is 14.1. The van der Waals surface area contributed by atoms with Crippen LogP contribution in [0, 0.1) is 0 Å². The van der Waals surface area contributed by atoms with Gasteiger partial charge in [0, 0.05) is 18.0 Å². The predicted octanol–water partition coefficient (Wildman–Crippen LogP) is 1.48. The Labute approximate surface area is 194 Å². The Balaban J connectivity index is 1.83. The van der Waals surface area contributed by atoms with Crippen LogP contribution in [-0.2, 0) is 14.8 Å². The summed E-state index contributed by atoms with van der Waals surface area (Å²) in [5.74, 6) is -1.30. The maximum atomic E-state index is 13.4. The number of nitrogens with one attached hydrogen (secondary N) is 2. The van der Waals surface area contributed by atoms with Gasteiger partial charge in [0.15, 0.2) is 12.4 Å². The Morgan fingerprint density at radius 1 is 1.26 bits per heavy atom. The fourth-order valence-corrected chi connectivity index (χ4v) is 4.69. The molecule has 2 aromatic carbocycles. The molecule has 1 amide bonds. The first-order valence-electron chi connectivity index (χ1n) is 10.5. The molecule has 0 bridgehead atoms.